The SMILES string of the molecule is C(=C\c1nc[nH]c2cccc1-2)/c1cnc2c(/C=C/c3nc[nH]c4cccc3-4)nnc-2cn1. The predicted octanol–water partition coefficient (Wildman–Crippen LogP) is 4.37. The Hall–Kier alpha value is -4.72. The average Bonchev–Trinajstić information content (AvgIpc) is 3.54. The van der Waals surface area contributed by atoms with Crippen molar-refractivity contribution in [3.05, 3.63) is 84.2 Å². The van der Waals surface area contributed by atoms with Crippen LogP contribution < -0.4 is 0 Å². The van der Waals surface area contributed by atoms with Crippen molar-refractivity contribution >= 4 is 24.3 Å². The number of aromatic amines is 2. The van der Waals surface area contributed by atoms with Crippen LogP contribution in [-0.4, -0.2) is 40.1 Å². The molecule has 0 saturated carbocycles. The zero-order valence-electron chi connectivity index (χ0n) is 16.8. The number of hydrogen-bond acceptors (Lipinski definition) is 6. The molecule has 152 valence electrons. The monoisotopic (exact) mass is 416 g/mol. The molecule has 0 aromatic rings. The minimum absolute atomic E-state index is 0.628. The molecule has 0 aromatic heterocycles. The first-order valence-corrected chi connectivity index (χ1v) is 10.0. The summed E-state index contributed by atoms with van der Waals surface area (Å²) in [7, 11) is 0. The Bertz CT molecular complexity index is 1490. The Morgan fingerprint density at radius 1 is 0.594 bits per heavy atom. The lowest BCUT2D eigenvalue weighted by molar-refractivity contribution is 1.08. The lowest BCUT2D eigenvalue weighted by Gasteiger charge is -2.02. The summed E-state index contributed by atoms with van der Waals surface area (Å²) in [5.74, 6) is 0. The first kappa shape index (κ1) is 18.1. The summed E-state index contributed by atoms with van der Waals surface area (Å²) in [6.07, 6.45) is 14.4. The van der Waals surface area contributed by atoms with Crippen LogP contribution in [0, 0.1) is 0 Å². The maximum atomic E-state index is 4.59. The number of nitrogens with zero attached hydrogens (tertiary/aromatic N) is 6. The minimum atomic E-state index is 0.628. The van der Waals surface area contributed by atoms with Gasteiger partial charge in [0.1, 0.15) is 17.1 Å². The van der Waals surface area contributed by atoms with E-state index in [0.717, 1.165) is 33.9 Å². The van der Waals surface area contributed by atoms with Gasteiger partial charge in [0.25, 0.3) is 0 Å². The van der Waals surface area contributed by atoms with Crippen molar-refractivity contribution < 1.29 is 0 Å². The van der Waals surface area contributed by atoms with Gasteiger partial charge in [-0.1, -0.05) is 24.3 Å². The number of hydrogen-bond donors (Lipinski definition) is 2. The van der Waals surface area contributed by atoms with Gasteiger partial charge in [0.2, 0.25) is 0 Å². The number of rotatable bonds is 4. The van der Waals surface area contributed by atoms with Gasteiger partial charge in [-0.15, -0.1) is 10.2 Å². The summed E-state index contributed by atoms with van der Waals surface area (Å²) < 4.78 is 0. The Morgan fingerprint density at radius 2 is 1.25 bits per heavy atom. The van der Waals surface area contributed by atoms with Gasteiger partial charge >= 0.3 is 0 Å². The molecular formula is C24H16N8. The highest BCUT2D eigenvalue weighted by Crippen LogP contribution is 2.26. The first-order valence-electron chi connectivity index (χ1n) is 10.0. The van der Waals surface area contributed by atoms with Gasteiger partial charge in [-0.05, 0) is 36.4 Å². The van der Waals surface area contributed by atoms with E-state index in [4.69, 9.17) is 0 Å². The van der Waals surface area contributed by atoms with Crippen molar-refractivity contribution in [3.8, 4) is 33.9 Å². The maximum absolute atomic E-state index is 4.59. The Kier molecular flexibility index (Phi) is 4.25. The van der Waals surface area contributed by atoms with E-state index in [2.05, 4.69) is 40.1 Å². The van der Waals surface area contributed by atoms with E-state index in [1.807, 2.05) is 60.7 Å². The maximum Gasteiger partial charge on any atom is 0.132 e. The molecule has 6 aliphatic rings. The Labute approximate surface area is 182 Å². The molecule has 0 fully saturated rings. The van der Waals surface area contributed by atoms with E-state index >= 15 is 0 Å². The summed E-state index contributed by atoms with van der Waals surface area (Å²) in [6.45, 7) is 0. The normalized spacial score (nSPS) is 12.1. The lowest BCUT2D eigenvalue weighted by Crippen LogP contribution is -1.89. The molecule has 32 heavy (non-hydrogen) atoms. The van der Waals surface area contributed by atoms with Crippen LogP contribution >= 0.6 is 0 Å². The molecule has 0 saturated heterocycles. The van der Waals surface area contributed by atoms with Crippen molar-refractivity contribution in [1.29, 1.82) is 0 Å². The molecule has 0 bridgehead atoms. The molecule has 0 aromatic carbocycles. The third kappa shape index (κ3) is 3.20. The zero-order valence-corrected chi connectivity index (χ0v) is 16.8. The molecule has 4 aliphatic heterocycles. The van der Waals surface area contributed by atoms with Crippen LogP contribution in [-0.2, 0) is 0 Å². The summed E-state index contributed by atoms with van der Waals surface area (Å²) in [4.78, 5) is 24.2. The number of aromatic nitrogens is 8. The molecular weight excluding hydrogens is 400 g/mol. The van der Waals surface area contributed by atoms with E-state index in [-0.39, 0.29) is 0 Å². The van der Waals surface area contributed by atoms with E-state index < -0.39 is 0 Å². The van der Waals surface area contributed by atoms with Crippen LogP contribution in [0.5, 0.6) is 0 Å². The molecule has 0 atom stereocenters. The van der Waals surface area contributed by atoms with Crippen molar-refractivity contribution in [1.82, 2.24) is 40.1 Å². The largest absolute Gasteiger partial charge is 0.346 e. The fourth-order valence-electron chi connectivity index (χ4n) is 3.66. The topological polar surface area (TPSA) is 109 Å². The van der Waals surface area contributed by atoms with Gasteiger partial charge < -0.3 is 9.97 Å². The molecule has 0 radical (unpaired) electrons. The second-order valence-electron chi connectivity index (χ2n) is 7.21. The van der Waals surface area contributed by atoms with Crippen molar-refractivity contribution in [2.24, 2.45) is 0 Å². The number of H-pyrrole nitrogens is 2. The van der Waals surface area contributed by atoms with Crippen LogP contribution in [0.2, 0.25) is 0 Å². The molecule has 8 nitrogen and oxygen atoms in total. The summed E-state index contributed by atoms with van der Waals surface area (Å²) in [6, 6.07) is 12.1. The highest BCUT2D eigenvalue weighted by atomic mass is 15.1. The fraction of sp³-hybridized carbons (Fsp3) is 0. The molecule has 2 N–H and O–H groups in total. The number of nitrogens with one attached hydrogen (secondary N) is 2. The van der Waals surface area contributed by atoms with Crippen LogP contribution in [0.25, 0.3) is 58.2 Å². The van der Waals surface area contributed by atoms with Gasteiger partial charge in [0.15, 0.2) is 0 Å². The predicted molar refractivity (Wildman–Crippen MR) is 123 cm³/mol. The van der Waals surface area contributed by atoms with Crippen LogP contribution in [0.4, 0.5) is 0 Å². The third-order valence-electron chi connectivity index (χ3n) is 5.25. The van der Waals surface area contributed by atoms with Crippen LogP contribution in [0.1, 0.15) is 22.8 Å². The van der Waals surface area contributed by atoms with E-state index in [0.29, 0.717) is 22.8 Å². The minimum Gasteiger partial charge on any atom is -0.346 e. The van der Waals surface area contributed by atoms with Crippen molar-refractivity contribution in [2.75, 3.05) is 0 Å². The summed E-state index contributed by atoms with van der Waals surface area (Å²) >= 11 is 0. The molecule has 4 heterocycles. The molecule has 0 amide bonds. The highest BCUT2D eigenvalue weighted by molar-refractivity contribution is 5.81. The number of fused-ring (bicyclic) bond motifs is 3. The Morgan fingerprint density at radius 3 is 1.97 bits per heavy atom. The third-order valence-corrected chi connectivity index (χ3v) is 5.25. The van der Waals surface area contributed by atoms with E-state index in [1.54, 1.807) is 25.0 Å². The molecule has 6 rings (SSSR count). The summed E-state index contributed by atoms with van der Waals surface area (Å²) in [5.41, 5.74) is 8.58. The fourth-order valence-corrected chi connectivity index (χ4v) is 3.66. The second-order valence-corrected chi connectivity index (χ2v) is 7.21. The lowest BCUT2D eigenvalue weighted by atomic mass is 10.1. The van der Waals surface area contributed by atoms with Gasteiger partial charge in [-0.2, -0.15) is 0 Å². The van der Waals surface area contributed by atoms with Gasteiger partial charge in [-0.3, -0.25) is 4.98 Å². The van der Waals surface area contributed by atoms with E-state index in [9.17, 15) is 0 Å². The first-order chi connectivity index (χ1) is 15.8. The standard InChI is InChI=1S/C24H16N8/c1-3-16-18(5-1)27-13-29-20(16)8-7-15-11-26-24-22(31-32-23(24)12-25-15)10-9-21-17-4-2-6-19(17)28-14-30-21/h1-14H,(H,27,29)(H,28,30)/b8-7+,10-9+. The quantitative estimate of drug-likeness (QED) is 0.442. The van der Waals surface area contributed by atoms with Gasteiger partial charge in [-0.25, -0.2) is 15.0 Å². The van der Waals surface area contributed by atoms with Gasteiger partial charge in [0, 0.05) is 22.5 Å². The molecule has 2 aliphatic carbocycles. The van der Waals surface area contributed by atoms with Crippen LogP contribution in [0.3, 0.4) is 0 Å². The average molecular weight is 416 g/mol. The molecule has 0 unspecified atom stereocenters. The zero-order chi connectivity index (χ0) is 21.3. The Balaban J connectivity index is 1.30. The van der Waals surface area contributed by atoms with Crippen molar-refractivity contribution in [2.45, 2.75) is 0 Å². The highest BCUT2D eigenvalue weighted by Gasteiger charge is 2.13. The molecule has 0 spiro atoms. The van der Waals surface area contributed by atoms with Crippen molar-refractivity contribution in [3.63, 3.8) is 0 Å². The smallest absolute Gasteiger partial charge is 0.132 e. The van der Waals surface area contributed by atoms with Gasteiger partial charge in [0.05, 0.1) is 42.1 Å². The second kappa shape index (κ2) is 7.51. The summed E-state index contributed by atoms with van der Waals surface area (Å²) in [5, 5.41) is 8.47. The van der Waals surface area contributed by atoms with Crippen LogP contribution in [0.15, 0.2) is 61.4 Å². The van der Waals surface area contributed by atoms with E-state index in [1.165, 1.54) is 0 Å². The molecule has 8 heteroatoms.